The van der Waals surface area contributed by atoms with Crippen LogP contribution in [0.25, 0.3) is 6.08 Å². The van der Waals surface area contributed by atoms with Crippen molar-refractivity contribution >= 4 is 12.0 Å². The molecule has 1 aromatic rings. The van der Waals surface area contributed by atoms with Crippen molar-refractivity contribution in [1.82, 2.24) is 4.90 Å². The molecule has 1 atom stereocenters. The maximum atomic E-state index is 11.3. The van der Waals surface area contributed by atoms with Crippen molar-refractivity contribution in [3.8, 4) is 0 Å². The quantitative estimate of drug-likeness (QED) is 0.875. The van der Waals surface area contributed by atoms with E-state index < -0.39 is 12.0 Å². The maximum absolute atomic E-state index is 11.3. The number of carbonyl (C=O) groups is 1. The van der Waals surface area contributed by atoms with Gasteiger partial charge in [-0.25, -0.2) is 0 Å². The van der Waals surface area contributed by atoms with Gasteiger partial charge < -0.3 is 9.84 Å². The van der Waals surface area contributed by atoms with Gasteiger partial charge in [-0.1, -0.05) is 42.5 Å². The fourth-order valence-corrected chi connectivity index (χ4v) is 1.98. The zero-order chi connectivity index (χ0) is 12.8. The highest BCUT2D eigenvalue weighted by molar-refractivity contribution is 5.77. The summed E-state index contributed by atoms with van der Waals surface area (Å²) < 4.78 is 5.23. The molecule has 1 heterocycles. The fraction of sp³-hybridized carbons (Fsp3) is 0.357. The predicted octanol–water partition coefficient (Wildman–Crippen LogP) is 1.49. The largest absolute Gasteiger partial charge is 0.480 e. The van der Waals surface area contributed by atoms with Crippen molar-refractivity contribution in [1.29, 1.82) is 0 Å². The molecule has 0 unspecified atom stereocenters. The van der Waals surface area contributed by atoms with E-state index in [9.17, 15) is 9.90 Å². The summed E-state index contributed by atoms with van der Waals surface area (Å²) in [5.41, 5.74) is 1.01. The van der Waals surface area contributed by atoms with Crippen LogP contribution < -0.4 is 0 Å². The van der Waals surface area contributed by atoms with Gasteiger partial charge in [0.2, 0.25) is 0 Å². The van der Waals surface area contributed by atoms with Crippen molar-refractivity contribution in [2.45, 2.75) is 6.04 Å². The molecular formula is C14H17NO3. The number of hydrogen-bond donors (Lipinski definition) is 1. The maximum Gasteiger partial charge on any atom is 0.324 e. The Bertz CT molecular complexity index is 410. The van der Waals surface area contributed by atoms with Gasteiger partial charge in [0.1, 0.15) is 6.04 Å². The van der Waals surface area contributed by atoms with Crippen molar-refractivity contribution in [2.75, 3.05) is 26.3 Å². The Hall–Kier alpha value is -1.65. The summed E-state index contributed by atoms with van der Waals surface area (Å²) in [6, 6.07) is 9.14. The molecule has 0 amide bonds. The van der Waals surface area contributed by atoms with E-state index in [4.69, 9.17) is 4.74 Å². The number of ether oxygens (including phenoxy) is 1. The molecule has 4 heteroatoms. The van der Waals surface area contributed by atoms with Crippen LogP contribution in [0.15, 0.2) is 36.4 Å². The van der Waals surface area contributed by atoms with Crippen LogP contribution in [0.5, 0.6) is 0 Å². The molecule has 18 heavy (non-hydrogen) atoms. The lowest BCUT2D eigenvalue weighted by molar-refractivity contribution is -0.142. The van der Waals surface area contributed by atoms with Crippen molar-refractivity contribution in [3.05, 3.63) is 42.0 Å². The van der Waals surface area contributed by atoms with Crippen LogP contribution in [0.4, 0.5) is 0 Å². The Kier molecular flexibility index (Phi) is 4.50. The first-order valence-corrected chi connectivity index (χ1v) is 6.05. The van der Waals surface area contributed by atoms with E-state index in [0.29, 0.717) is 26.3 Å². The third kappa shape index (κ3) is 3.42. The number of benzene rings is 1. The highest BCUT2D eigenvalue weighted by Gasteiger charge is 2.24. The van der Waals surface area contributed by atoms with E-state index >= 15 is 0 Å². The Morgan fingerprint density at radius 2 is 1.94 bits per heavy atom. The van der Waals surface area contributed by atoms with Gasteiger partial charge in [0.05, 0.1) is 13.2 Å². The van der Waals surface area contributed by atoms with Crippen molar-refractivity contribution in [2.24, 2.45) is 0 Å². The summed E-state index contributed by atoms with van der Waals surface area (Å²) in [4.78, 5) is 13.2. The Balaban J connectivity index is 2.06. The number of carboxylic acids is 1. The predicted molar refractivity (Wildman–Crippen MR) is 69.3 cm³/mol. The van der Waals surface area contributed by atoms with Gasteiger partial charge in [-0.3, -0.25) is 9.69 Å². The number of morpholine rings is 1. The van der Waals surface area contributed by atoms with Crippen LogP contribution in [0.1, 0.15) is 5.56 Å². The fourth-order valence-electron chi connectivity index (χ4n) is 1.98. The number of carboxylic acid groups (broad SMARTS) is 1. The van der Waals surface area contributed by atoms with Gasteiger partial charge in [-0.05, 0) is 5.56 Å². The summed E-state index contributed by atoms with van der Waals surface area (Å²) >= 11 is 0. The summed E-state index contributed by atoms with van der Waals surface area (Å²) in [6.07, 6.45) is 3.59. The molecule has 4 nitrogen and oxygen atoms in total. The molecule has 0 saturated carbocycles. The molecule has 2 rings (SSSR count). The van der Waals surface area contributed by atoms with Gasteiger partial charge in [0, 0.05) is 13.1 Å². The lowest BCUT2D eigenvalue weighted by Gasteiger charge is -2.30. The van der Waals surface area contributed by atoms with Crippen molar-refractivity contribution in [3.63, 3.8) is 0 Å². The standard InChI is InChI=1S/C14H17NO3/c16-14(17)13(15-8-10-18-11-9-15)7-6-12-4-2-1-3-5-12/h1-7,13H,8-11H2,(H,16,17)/b7-6+/t13-/m1/s1. The number of nitrogens with zero attached hydrogens (tertiary/aromatic N) is 1. The summed E-state index contributed by atoms with van der Waals surface area (Å²) in [5.74, 6) is -0.816. The summed E-state index contributed by atoms with van der Waals surface area (Å²) in [6.45, 7) is 2.53. The molecule has 0 aromatic heterocycles. The minimum Gasteiger partial charge on any atom is -0.480 e. The molecule has 1 saturated heterocycles. The van der Waals surface area contributed by atoms with Gasteiger partial charge in [0.15, 0.2) is 0 Å². The normalized spacial score (nSPS) is 18.9. The molecule has 0 aliphatic carbocycles. The van der Waals surface area contributed by atoms with Gasteiger partial charge in [-0.2, -0.15) is 0 Å². The van der Waals surface area contributed by atoms with Gasteiger partial charge in [-0.15, -0.1) is 0 Å². The van der Waals surface area contributed by atoms with Crippen LogP contribution in [0.2, 0.25) is 0 Å². The first kappa shape index (κ1) is 12.8. The smallest absolute Gasteiger partial charge is 0.324 e. The highest BCUT2D eigenvalue weighted by atomic mass is 16.5. The SMILES string of the molecule is O=C(O)[C@@H](/C=C/c1ccccc1)N1CCOCC1. The molecule has 1 fully saturated rings. The van der Waals surface area contributed by atoms with Crippen LogP contribution in [0.3, 0.4) is 0 Å². The highest BCUT2D eigenvalue weighted by Crippen LogP contribution is 2.09. The first-order chi connectivity index (χ1) is 8.77. The molecular weight excluding hydrogens is 230 g/mol. The van der Waals surface area contributed by atoms with Gasteiger partial charge in [0.25, 0.3) is 0 Å². The third-order valence-electron chi connectivity index (χ3n) is 2.96. The molecule has 0 spiro atoms. The third-order valence-corrected chi connectivity index (χ3v) is 2.96. The van der Waals surface area contributed by atoms with Crippen LogP contribution in [0, 0.1) is 0 Å². The Morgan fingerprint density at radius 1 is 1.28 bits per heavy atom. The van der Waals surface area contributed by atoms with Crippen LogP contribution in [-0.2, 0) is 9.53 Å². The zero-order valence-corrected chi connectivity index (χ0v) is 10.2. The molecule has 1 N–H and O–H groups in total. The van der Waals surface area contributed by atoms with E-state index in [1.807, 2.05) is 41.3 Å². The van der Waals surface area contributed by atoms with E-state index in [1.165, 1.54) is 0 Å². The monoisotopic (exact) mass is 247 g/mol. The average Bonchev–Trinajstić information content (AvgIpc) is 2.41. The molecule has 1 aliphatic heterocycles. The Labute approximate surface area is 106 Å². The average molecular weight is 247 g/mol. The van der Waals surface area contributed by atoms with Crippen molar-refractivity contribution < 1.29 is 14.6 Å². The second kappa shape index (κ2) is 6.33. The number of aliphatic carboxylic acids is 1. The molecule has 1 aromatic carbocycles. The minimum atomic E-state index is -0.816. The van der Waals surface area contributed by atoms with E-state index in [1.54, 1.807) is 6.08 Å². The molecule has 0 radical (unpaired) electrons. The lowest BCUT2D eigenvalue weighted by Crippen LogP contribution is -2.46. The number of hydrogen-bond acceptors (Lipinski definition) is 3. The second-order valence-electron chi connectivity index (χ2n) is 4.20. The van der Waals surface area contributed by atoms with E-state index in [2.05, 4.69) is 0 Å². The second-order valence-corrected chi connectivity index (χ2v) is 4.20. The summed E-state index contributed by atoms with van der Waals surface area (Å²) in [7, 11) is 0. The minimum absolute atomic E-state index is 0.575. The lowest BCUT2D eigenvalue weighted by atomic mass is 10.1. The van der Waals surface area contributed by atoms with E-state index in [0.717, 1.165) is 5.56 Å². The Morgan fingerprint density at radius 3 is 2.56 bits per heavy atom. The first-order valence-electron chi connectivity index (χ1n) is 6.05. The molecule has 96 valence electrons. The van der Waals surface area contributed by atoms with Crippen LogP contribution >= 0.6 is 0 Å². The number of rotatable bonds is 4. The van der Waals surface area contributed by atoms with Crippen LogP contribution in [-0.4, -0.2) is 48.3 Å². The molecule has 1 aliphatic rings. The zero-order valence-electron chi connectivity index (χ0n) is 10.2. The molecule has 0 bridgehead atoms. The topological polar surface area (TPSA) is 49.8 Å². The van der Waals surface area contributed by atoms with E-state index in [-0.39, 0.29) is 0 Å². The van der Waals surface area contributed by atoms with Gasteiger partial charge >= 0.3 is 5.97 Å². The summed E-state index contributed by atoms with van der Waals surface area (Å²) in [5, 5.41) is 9.27.